The molecule has 0 aliphatic rings. The first-order valence-corrected chi connectivity index (χ1v) is 5.70. The van der Waals surface area contributed by atoms with E-state index < -0.39 is 0 Å². The molecule has 0 N–H and O–H groups in total. The fraction of sp³-hybridized carbons (Fsp3) is 0.357. The highest BCUT2D eigenvalue weighted by atomic mass is 16.1. The van der Waals surface area contributed by atoms with Gasteiger partial charge < -0.3 is 9.36 Å². The largest absolute Gasteiger partial charge is 0.347 e. The summed E-state index contributed by atoms with van der Waals surface area (Å²) in [6.45, 7) is 4.69. The molecule has 0 bridgehead atoms. The highest BCUT2D eigenvalue weighted by Crippen LogP contribution is 2.17. The van der Waals surface area contributed by atoms with Gasteiger partial charge in [-0.05, 0) is 30.4 Å². The molecule has 0 fully saturated rings. The molecule has 1 atom stereocenters. The summed E-state index contributed by atoms with van der Waals surface area (Å²) in [5, 5.41) is 1.26. The van der Waals surface area contributed by atoms with Gasteiger partial charge in [-0.25, -0.2) is 0 Å². The Morgan fingerprint density at radius 2 is 2.06 bits per heavy atom. The van der Waals surface area contributed by atoms with Crippen molar-refractivity contribution in [1.82, 2.24) is 4.57 Å². The van der Waals surface area contributed by atoms with Crippen molar-refractivity contribution in [3.05, 3.63) is 36.5 Å². The van der Waals surface area contributed by atoms with Gasteiger partial charge in [0.2, 0.25) is 0 Å². The van der Waals surface area contributed by atoms with E-state index in [1.165, 1.54) is 10.9 Å². The average molecular weight is 215 g/mol. The number of nitrogens with zero attached hydrogens (tertiary/aromatic N) is 1. The number of benzene rings is 1. The van der Waals surface area contributed by atoms with Gasteiger partial charge in [0.1, 0.15) is 5.78 Å². The first kappa shape index (κ1) is 10.9. The Morgan fingerprint density at radius 3 is 2.81 bits per heavy atom. The molecule has 0 spiro atoms. The predicted molar refractivity (Wildman–Crippen MR) is 66.4 cm³/mol. The molecular formula is C14H17NO. The van der Waals surface area contributed by atoms with Crippen molar-refractivity contribution in [3.8, 4) is 0 Å². The molecule has 0 amide bonds. The summed E-state index contributed by atoms with van der Waals surface area (Å²) in [5.41, 5.74) is 1.25. The Kier molecular flexibility index (Phi) is 3.09. The van der Waals surface area contributed by atoms with E-state index in [0.717, 1.165) is 6.54 Å². The summed E-state index contributed by atoms with van der Waals surface area (Å²) < 4.78 is 2.23. The van der Waals surface area contributed by atoms with Crippen LogP contribution < -0.4 is 0 Å². The van der Waals surface area contributed by atoms with Gasteiger partial charge >= 0.3 is 0 Å². The van der Waals surface area contributed by atoms with E-state index in [4.69, 9.17) is 0 Å². The molecular weight excluding hydrogens is 198 g/mol. The molecule has 16 heavy (non-hydrogen) atoms. The van der Waals surface area contributed by atoms with Crippen LogP contribution in [0, 0.1) is 5.92 Å². The van der Waals surface area contributed by atoms with Crippen LogP contribution in [0.2, 0.25) is 0 Å². The van der Waals surface area contributed by atoms with E-state index in [9.17, 15) is 4.79 Å². The van der Waals surface area contributed by atoms with Crippen LogP contribution in [0.1, 0.15) is 20.3 Å². The van der Waals surface area contributed by atoms with Crippen LogP contribution in [0.15, 0.2) is 36.5 Å². The molecule has 0 aliphatic heterocycles. The van der Waals surface area contributed by atoms with Crippen molar-refractivity contribution in [3.63, 3.8) is 0 Å². The lowest BCUT2D eigenvalue weighted by atomic mass is 10.1. The second-order valence-electron chi connectivity index (χ2n) is 4.54. The van der Waals surface area contributed by atoms with Gasteiger partial charge in [0.25, 0.3) is 0 Å². The number of carbonyl (C=O) groups is 1. The molecule has 2 nitrogen and oxygen atoms in total. The lowest BCUT2D eigenvalue weighted by molar-refractivity contribution is -0.117. The molecule has 0 saturated carbocycles. The van der Waals surface area contributed by atoms with Gasteiger partial charge in [-0.2, -0.15) is 0 Å². The van der Waals surface area contributed by atoms with Crippen molar-refractivity contribution in [2.45, 2.75) is 26.8 Å². The van der Waals surface area contributed by atoms with Gasteiger partial charge in [0, 0.05) is 24.7 Å². The normalized spacial score (nSPS) is 12.9. The van der Waals surface area contributed by atoms with Crippen molar-refractivity contribution in [2.24, 2.45) is 5.92 Å². The zero-order valence-electron chi connectivity index (χ0n) is 9.81. The number of hydrogen-bond acceptors (Lipinski definition) is 1. The number of hydrogen-bond donors (Lipinski definition) is 0. The Morgan fingerprint density at radius 1 is 1.31 bits per heavy atom. The average Bonchev–Trinajstić information content (AvgIpc) is 2.61. The zero-order valence-corrected chi connectivity index (χ0v) is 9.81. The summed E-state index contributed by atoms with van der Waals surface area (Å²) in [4.78, 5) is 11.0. The van der Waals surface area contributed by atoms with Crippen LogP contribution in [0.25, 0.3) is 10.9 Å². The third-order valence-corrected chi connectivity index (χ3v) is 2.82. The first-order valence-electron chi connectivity index (χ1n) is 5.70. The molecule has 0 saturated heterocycles. The molecule has 1 heterocycles. The molecule has 0 radical (unpaired) electrons. The Labute approximate surface area is 95.9 Å². The number of carbonyl (C=O) groups excluding carboxylic acids is 1. The number of fused-ring (bicyclic) bond motifs is 1. The van der Waals surface area contributed by atoms with E-state index in [0.29, 0.717) is 12.3 Å². The molecule has 2 rings (SSSR count). The van der Waals surface area contributed by atoms with E-state index >= 15 is 0 Å². The Bertz CT molecular complexity index is 498. The van der Waals surface area contributed by atoms with Crippen LogP contribution in [-0.2, 0) is 11.3 Å². The Hall–Kier alpha value is -1.57. The minimum absolute atomic E-state index is 0.268. The molecule has 1 aromatic heterocycles. The standard InChI is InChI=1S/C14H17NO/c1-11(9-12(2)16)10-15-8-7-13-5-3-4-6-14(13)15/h3-8,11H,9-10H2,1-2H3. The second kappa shape index (κ2) is 4.52. The number of aromatic nitrogens is 1. The van der Waals surface area contributed by atoms with Gasteiger partial charge in [-0.1, -0.05) is 25.1 Å². The second-order valence-corrected chi connectivity index (χ2v) is 4.54. The third-order valence-electron chi connectivity index (χ3n) is 2.82. The summed E-state index contributed by atoms with van der Waals surface area (Å²) in [5.74, 6) is 0.664. The quantitative estimate of drug-likeness (QED) is 0.767. The molecule has 2 aromatic rings. The molecule has 1 aromatic carbocycles. The fourth-order valence-electron chi connectivity index (χ4n) is 2.19. The van der Waals surface area contributed by atoms with Crippen LogP contribution >= 0.6 is 0 Å². The van der Waals surface area contributed by atoms with Gasteiger partial charge in [-0.15, -0.1) is 0 Å². The van der Waals surface area contributed by atoms with Crippen LogP contribution in [0.3, 0.4) is 0 Å². The number of rotatable bonds is 4. The van der Waals surface area contributed by atoms with E-state index in [2.05, 4.69) is 42.0 Å². The maximum absolute atomic E-state index is 11.0. The number of Topliss-reactive ketones (excluding diaryl/α,β-unsaturated/α-hetero) is 1. The van der Waals surface area contributed by atoms with Gasteiger partial charge in [0.15, 0.2) is 0 Å². The smallest absolute Gasteiger partial charge is 0.130 e. The summed E-state index contributed by atoms with van der Waals surface area (Å²) in [7, 11) is 0. The van der Waals surface area contributed by atoms with Crippen molar-refractivity contribution in [2.75, 3.05) is 0 Å². The first-order chi connectivity index (χ1) is 7.66. The van der Waals surface area contributed by atoms with E-state index in [1.54, 1.807) is 6.92 Å². The minimum Gasteiger partial charge on any atom is -0.347 e. The van der Waals surface area contributed by atoms with E-state index in [-0.39, 0.29) is 5.78 Å². The van der Waals surface area contributed by atoms with Crippen LogP contribution in [-0.4, -0.2) is 10.4 Å². The molecule has 2 heteroatoms. The Balaban J connectivity index is 2.18. The lowest BCUT2D eigenvalue weighted by Gasteiger charge is -2.11. The SMILES string of the molecule is CC(=O)CC(C)Cn1ccc2ccccc21. The fourth-order valence-corrected chi connectivity index (χ4v) is 2.19. The predicted octanol–water partition coefficient (Wildman–Crippen LogP) is 3.26. The van der Waals surface area contributed by atoms with Crippen molar-refractivity contribution in [1.29, 1.82) is 0 Å². The van der Waals surface area contributed by atoms with E-state index in [1.807, 2.05) is 6.07 Å². The van der Waals surface area contributed by atoms with Gasteiger partial charge in [0.05, 0.1) is 0 Å². The van der Waals surface area contributed by atoms with Crippen molar-refractivity contribution < 1.29 is 4.79 Å². The van der Waals surface area contributed by atoms with Crippen molar-refractivity contribution >= 4 is 16.7 Å². The van der Waals surface area contributed by atoms with Gasteiger partial charge in [-0.3, -0.25) is 0 Å². The highest BCUT2D eigenvalue weighted by molar-refractivity contribution is 5.80. The number of para-hydroxylation sites is 1. The summed E-state index contributed by atoms with van der Waals surface area (Å²) >= 11 is 0. The van der Waals surface area contributed by atoms with Crippen LogP contribution in [0.5, 0.6) is 0 Å². The van der Waals surface area contributed by atoms with Crippen LogP contribution in [0.4, 0.5) is 0 Å². The third kappa shape index (κ3) is 2.32. The maximum atomic E-state index is 11.0. The summed E-state index contributed by atoms with van der Waals surface area (Å²) in [6.07, 6.45) is 2.76. The molecule has 84 valence electrons. The summed E-state index contributed by atoms with van der Waals surface area (Å²) in [6, 6.07) is 10.5. The topological polar surface area (TPSA) is 22.0 Å². The highest BCUT2D eigenvalue weighted by Gasteiger charge is 2.07. The minimum atomic E-state index is 0.268. The lowest BCUT2D eigenvalue weighted by Crippen LogP contribution is -2.09. The zero-order chi connectivity index (χ0) is 11.5. The number of ketones is 1. The maximum Gasteiger partial charge on any atom is 0.130 e. The molecule has 1 unspecified atom stereocenters. The molecule has 0 aliphatic carbocycles. The monoisotopic (exact) mass is 215 g/mol.